The summed E-state index contributed by atoms with van der Waals surface area (Å²) >= 11 is 0. The van der Waals surface area contributed by atoms with Gasteiger partial charge in [0.2, 0.25) is 0 Å². The minimum Gasteiger partial charge on any atom is -0.466 e. The average Bonchev–Trinajstić information content (AvgIpc) is 2.75. The Hall–Kier alpha value is -2.04. The second-order valence-corrected chi connectivity index (χ2v) is 3.10. The topological polar surface area (TPSA) is 68.5 Å². The third-order valence-electron chi connectivity index (χ3n) is 1.94. The summed E-state index contributed by atoms with van der Waals surface area (Å²) in [6.45, 7) is 1.61. The molecule has 0 unspecified atom stereocenters. The number of carbonyl (C=O) groups is 2. The monoisotopic (exact) mass is 223 g/mol. The van der Waals surface area contributed by atoms with Gasteiger partial charge < -0.3 is 14.5 Å². The molecule has 0 aliphatic rings. The van der Waals surface area contributed by atoms with Crippen LogP contribution < -0.4 is 5.32 Å². The maximum absolute atomic E-state index is 11.2. The highest BCUT2D eigenvalue weighted by atomic mass is 16.5. The predicted octanol–water partition coefficient (Wildman–Crippen LogP) is 1.22. The van der Waals surface area contributed by atoms with Crippen molar-refractivity contribution < 1.29 is 18.7 Å². The van der Waals surface area contributed by atoms with Gasteiger partial charge in [-0.15, -0.1) is 0 Å². The van der Waals surface area contributed by atoms with Gasteiger partial charge in [0, 0.05) is 12.6 Å². The fourth-order valence-corrected chi connectivity index (χ4v) is 1.11. The Morgan fingerprint density at radius 2 is 2.12 bits per heavy atom. The SMILES string of the molecule is CNC(=O)c1ccc(/C=C(\C)C(=O)OC)o1. The van der Waals surface area contributed by atoms with Gasteiger partial charge >= 0.3 is 5.97 Å². The number of hydrogen-bond acceptors (Lipinski definition) is 4. The highest BCUT2D eigenvalue weighted by Gasteiger charge is 2.09. The lowest BCUT2D eigenvalue weighted by Gasteiger charge is -1.96. The molecule has 0 aromatic carbocycles. The molecule has 0 bridgehead atoms. The van der Waals surface area contributed by atoms with Gasteiger partial charge in [-0.2, -0.15) is 0 Å². The van der Waals surface area contributed by atoms with E-state index in [1.54, 1.807) is 13.0 Å². The number of ether oxygens (including phenoxy) is 1. The third kappa shape index (κ3) is 2.73. The summed E-state index contributed by atoms with van der Waals surface area (Å²) in [5.74, 6) is -0.110. The van der Waals surface area contributed by atoms with Gasteiger partial charge in [-0.3, -0.25) is 4.79 Å². The Morgan fingerprint density at radius 1 is 1.44 bits per heavy atom. The van der Waals surface area contributed by atoms with Crippen molar-refractivity contribution in [2.24, 2.45) is 0 Å². The molecule has 0 atom stereocenters. The van der Waals surface area contributed by atoms with Crippen molar-refractivity contribution in [1.82, 2.24) is 5.32 Å². The summed E-state index contributed by atoms with van der Waals surface area (Å²) in [6, 6.07) is 3.15. The van der Waals surface area contributed by atoms with Gasteiger partial charge in [0.1, 0.15) is 5.76 Å². The standard InChI is InChI=1S/C11H13NO4/c1-7(11(14)15-3)6-8-4-5-9(16-8)10(13)12-2/h4-6H,1-3H3,(H,12,13)/b7-6+. The van der Waals surface area contributed by atoms with Crippen LogP contribution in [0.2, 0.25) is 0 Å². The molecule has 86 valence electrons. The summed E-state index contributed by atoms with van der Waals surface area (Å²) in [5, 5.41) is 2.44. The molecular formula is C11H13NO4. The van der Waals surface area contributed by atoms with Crippen molar-refractivity contribution in [1.29, 1.82) is 0 Å². The minimum atomic E-state index is -0.433. The first-order valence-electron chi connectivity index (χ1n) is 4.67. The first kappa shape index (κ1) is 12.0. The van der Waals surface area contributed by atoms with Crippen LogP contribution in [-0.4, -0.2) is 26.0 Å². The Balaban J connectivity index is 2.87. The van der Waals surface area contributed by atoms with Crippen molar-refractivity contribution in [3.8, 4) is 0 Å². The van der Waals surface area contributed by atoms with Gasteiger partial charge in [-0.1, -0.05) is 0 Å². The summed E-state index contributed by atoms with van der Waals surface area (Å²) in [7, 11) is 2.82. The van der Waals surface area contributed by atoms with Crippen LogP contribution >= 0.6 is 0 Å². The van der Waals surface area contributed by atoms with Gasteiger partial charge in [0.05, 0.1) is 7.11 Å². The van der Waals surface area contributed by atoms with E-state index in [4.69, 9.17) is 4.42 Å². The van der Waals surface area contributed by atoms with E-state index >= 15 is 0 Å². The quantitative estimate of drug-likeness (QED) is 0.617. The van der Waals surface area contributed by atoms with E-state index < -0.39 is 5.97 Å². The Labute approximate surface area is 93.1 Å². The average molecular weight is 223 g/mol. The molecule has 1 aromatic rings. The predicted molar refractivity (Wildman–Crippen MR) is 57.8 cm³/mol. The molecule has 1 amide bonds. The van der Waals surface area contributed by atoms with Crippen molar-refractivity contribution >= 4 is 18.0 Å². The van der Waals surface area contributed by atoms with Crippen LogP contribution in [0, 0.1) is 0 Å². The van der Waals surface area contributed by atoms with Crippen molar-refractivity contribution in [2.45, 2.75) is 6.92 Å². The number of hydrogen-bond donors (Lipinski definition) is 1. The Bertz CT molecular complexity index is 431. The highest BCUT2D eigenvalue weighted by Crippen LogP contribution is 2.12. The van der Waals surface area contributed by atoms with E-state index in [0.29, 0.717) is 11.3 Å². The second-order valence-electron chi connectivity index (χ2n) is 3.10. The maximum atomic E-state index is 11.2. The van der Waals surface area contributed by atoms with Crippen LogP contribution in [0.5, 0.6) is 0 Å². The first-order chi connectivity index (χ1) is 7.58. The van der Waals surface area contributed by atoms with E-state index in [1.807, 2.05) is 0 Å². The molecule has 5 nitrogen and oxygen atoms in total. The normalized spacial score (nSPS) is 11.1. The van der Waals surface area contributed by atoms with E-state index in [0.717, 1.165) is 0 Å². The fraction of sp³-hybridized carbons (Fsp3) is 0.273. The molecule has 1 heterocycles. The smallest absolute Gasteiger partial charge is 0.333 e. The van der Waals surface area contributed by atoms with Crippen molar-refractivity contribution in [3.63, 3.8) is 0 Å². The third-order valence-corrected chi connectivity index (χ3v) is 1.94. The zero-order chi connectivity index (χ0) is 12.1. The lowest BCUT2D eigenvalue weighted by atomic mass is 10.2. The molecule has 0 spiro atoms. The Kier molecular flexibility index (Phi) is 3.88. The van der Waals surface area contributed by atoms with Crippen LogP contribution in [0.3, 0.4) is 0 Å². The zero-order valence-corrected chi connectivity index (χ0v) is 9.37. The van der Waals surface area contributed by atoms with E-state index in [1.165, 1.54) is 26.3 Å². The number of furan rings is 1. The van der Waals surface area contributed by atoms with Gasteiger partial charge in [0.25, 0.3) is 5.91 Å². The number of amides is 1. The molecule has 0 saturated heterocycles. The molecule has 0 aliphatic carbocycles. The molecular weight excluding hydrogens is 210 g/mol. The number of rotatable bonds is 3. The fourth-order valence-electron chi connectivity index (χ4n) is 1.11. The molecule has 1 N–H and O–H groups in total. The molecule has 0 aliphatic heterocycles. The summed E-state index contributed by atoms with van der Waals surface area (Å²) in [4.78, 5) is 22.3. The van der Waals surface area contributed by atoms with Crippen molar-refractivity contribution in [2.75, 3.05) is 14.2 Å². The molecule has 0 radical (unpaired) electrons. The highest BCUT2D eigenvalue weighted by molar-refractivity contribution is 5.93. The summed E-state index contributed by atoms with van der Waals surface area (Å²) in [5.41, 5.74) is 0.403. The van der Waals surface area contributed by atoms with Gasteiger partial charge in [-0.25, -0.2) is 4.79 Å². The van der Waals surface area contributed by atoms with Crippen molar-refractivity contribution in [3.05, 3.63) is 29.2 Å². The lowest BCUT2D eigenvalue weighted by molar-refractivity contribution is -0.135. The molecule has 1 rings (SSSR count). The van der Waals surface area contributed by atoms with Crippen LogP contribution in [-0.2, 0) is 9.53 Å². The molecule has 0 fully saturated rings. The van der Waals surface area contributed by atoms with Crippen LogP contribution in [0.25, 0.3) is 6.08 Å². The second kappa shape index (κ2) is 5.16. The first-order valence-corrected chi connectivity index (χ1v) is 4.67. The number of carbonyl (C=O) groups excluding carboxylic acids is 2. The molecule has 16 heavy (non-hydrogen) atoms. The maximum Gasteiger partial charge on any atom is 0.333 e. The van der Waals surface area contributed by atoms with Crippen LogP contribution in [0.1, 0.15) is 23.2 Å². The summed E-state index contributed by atoms with van der Waals surface area (Å²) in [6.07, 6.45) is 1.51. The molecule has 5 heteroatoms. The van der Waals surface area contributed by atoms with E-state index in [2.05, 4.69) is 10.1 Å². The Morgan fingerprint density at radius 3 is 2.69 bits per heavy atom. The number of esters is 1. The van der Waals surface area contributed by atoms with E-state index in [-0.39, 0.29) is 11.7 Å². The summed E-state index contributed by atoms with van der Waals surface area (Å²) < 4.78 is 9.74. The van der Waals surface area contributed by atoms with Crippen LogP contribution in [0.4, 0.5) is 0 Å². The van der Waals surface area contributed by atoms with Crippen LogP contribution in [0.15, 0.2) is 22.1 Å². The molecule has 0 saturated carbocycles. The van der Waals surface area contributed by atoms with Gasteiger partial charge in [0.15, 0.2) is 5.76 Å². The minimum absolute atomic E-state index is 0.200. The number of methoxy groups -OCH3 is 1. The largest absolute Gasteiger partial charge is 0.466 e. The lowest BCUT2D eigenvalue weighted by Crippen LogP contribution is -2.16. The van der Waals surface area contributed by atoms with Gasteiger partial charge in [-0.05, 0) is 25.1 Å². The van der Waals surface area contributed by atoms with E-state index in [9.17, 15) is 9.59 Å². The zero-order valence-electron chi connectivity index (χ0n) is 9.37. The number of nitrogens with one attached hydrogen (secondary N) is 1. The molecule has 1 aromatic heterocycles.